The zero-order chi connectivity index (χ0) is 19.0. The molecule has 3 N–H and O–H groups in total. The van der Waals surface area contributed by atoms with Crippen LogP contribution in [0.1, 0.15) is 25.7 Å². The first-order valence-electron chi connectivity index (χ1n) is 7.62. The van der Waals surface area contributed by atoms with Gasteiger partial charge in [-0.15, -0.1) is 11.3 Å². The first-order valence-corrected chi connectivity index (χ1v) is 9.19. The Labute approximate surface area is 164 Å². The minimum Gasteiger partial charge on any atom is -0.365 e. The van der Waals surface area contributed by atoms with Crippen LogP contribution in [-0.2, 0) is 7.05 Å². The van der Waals surface area contributed by atoms with Crippen LogP contribution >= 0.6 is 34.5 Å². The fourth-order valence-electron chi connectivity index (χ4n) is 2.75. The zero-order valence-electron chi connectivity index (χ0n) is 14.0. The van der Waals surface area contributed by atoms with Gasteiger partial charge in [-0.05, 0) is 18.6 Å². The van der Waals surface area contributed by atoms with Gasteiger partial charge in [-0.3, -0.25) is 9.59 Å². The van der Waals surface area contributed by atoms with Crippen LogP contribution in [0.5, 0.6) is 0 Å². The average Bonchev–Trinajstić information content (AvgIpc) is 3.07. The molecule has 0 atom stereocenters. The van der Waals surface area contributed by atoms with Crippen molar-refractivity contribution in [1.82, 2.24) is 4.57 Å². The summed E-state index contributed by atoms with van der Waals surface area (Å²) < 4.78 is 1.47. The molecule has 0 aliphatic heterocycles. The lowest BCUT2D eigenvalue weighted by Crippen LogP contribution is -2.19. The van der Waals surface area contributed by atoms with E-state index in [1.54, 1.807) is 7.05 Å². The summed E-state index contributed by atoms with van der Waals surface area (Å²) >= 11 is 13.3. The molecule has 3 rings (SSSR count). The monoisotopic (exact) mass is 407 g/mol. The summed E-state index contributed by atoms with van der Waals surface area (Å²) in [5, 5.41) is 3.70. The molecule has 0 saturated carbocycles. The predicted molar refractivity (Wildman–Crippen MR) is 106 cm³/mol. The highest BCUT2D eigenvalue weighted by Crippen LogP contribution is 2.40. The summed E-state index contributed by atoms with van der Waals surface area (Å²) in [6.07, 6.45) is 0. The van der Waals surface area contributed by atoms with Gasteiger partial charge >= 0.3 is 0 Å². The van der Waals surface area contributed by atoms with Crippen LogP contribution in [0.15, 0.2) is 36.4 Å². The number of hydrogen-bond acceptors (Lipinski definition) is 3. The number of primary amides is 1. The summed E-state index contributed by atoms with van der Waals surface area (Å²) in [6, 6.07) is 10.9. The average molecular weight is 408 g/mol. The van der Waals surface area contributed by atoms with Crippen molar-refractivity contribution in [2.45, 2.75) is 6.92 Å². The summed E-state index contributed by atoms with van der Waals surface area (Å²) in [5.74, 6) is -1.03. The first-order chi connectivity index (χ1) is 12.3. The fourth-order valence-corrected chi connectivity index (χ4v) is 4.20. The number of anilines is 1. The zero-order valence-corrected chi connectivity index (χ0v) is 16.3. The summed E-state index contributed by atoms with van der Waals surface area (Å²) in [7, 11) is 1.63. The van der Waals surface area contributed by atoms with E-state index in [0.29, 0.717) is 10.6 Å². The van der Waals surface area contributed by atoms with Gasteiger partial charge in [0, 0.05) is 17.5 Å². The second-order valence-corrected chi connectivity index (χ2v) is 7.64. The largest absolute Gasteiger partial charge is 0.365 e. The summed E-state index contributed by atoms with van der Waals surface area (Å²) in [6.45, 7) is 1.88. The van der Waals surface area contributed by atoms with E-state index in [9.17, 15) is 9.59 Å². The van der Waals surface area contributed by atoms with Gasteiger partial charge in [-0.25, -0.2) is 0 Å². The number of aryl methyl sites for hydroxylation is 1. The molecule has 0 fully saturated rings. The molecule has 26 heavy (non-hydrogen) atoms. The number of amides is 2. The van der Waals surface area contributed by atoms with Gasteiger partial charge in [0.1, 0.15) is 15.8 Å². The highest BCUT2D eigenvalue weighted by atomic mass is 35.5. The van der Waals surface area contributed by atoms with Gasteiger partial charge in [-0.2, -0.15) is 0 Å². The maximum Gasteiger partial charge on any atom is 0.272 e. The lowest BCUT2D eigenvalue weighted by molar-refractivity contribution is 0.100. The highest BCUT2D eigenvalue weighted by molar-refractivity contribution is 7.17. The van der Waals surface area contributed by atoms with Crippen molar-refractivity contribution >= 4 is 51.4 Å². The Hall–Kier alpha value is -2.28. The minimum atomic E-state index is -0.605. The number of nitrogens with one attached hydrogen (secondary N) is 1. The van der Waals surface area contributed by atoms with Gasteiger partial charge in [0.15, 0.2) is 0 Å². The Morgan fingerprint density at radius 3 is 2.38 bits per heavy atom. The first kappa shape index (κ1) is 18.5. The number of rotatable bonds is 4. The summed E-state index contributed by atoms with van der Waals surface area (Å²) in [5.41, 5.74) is 7.76. The number of halogens is 2. The van der Waals surface area contributed by atoms with Crippen LogP contribution in [0.2, 0.25) is 10.2 Å². The van der Waals surface area contributed by atoms with Crippen LogP contribution in [0.3, 0.4) is 0 Å². The van der Waals surface area contributed by atoms with Crippen molar-refractivity contribution < 1.29 is 9.59 Å². The van der Waals surface area contributed by atoms with E-state index in [1.807, 2.05) is 37.3 Å². The van der Waals surface area contributed by atoms with Crippen LogP contribution in [0.25, 0.3) is 11.1 Å². The third-order valence-corrected chi connectivity index (χ3v) is 5.83. The van der Waals surface area contributed by atoms with Gasteiger partial charge < -0.3 is 15.6 Å². The van der Waals surface area contributed by atoms with Gasteiger partial charge in [0.2, 0.25) is 0 Å². The lowest BCUT2D eigenvalue weighted by atomic mass is 10.0. The standard InChI is InChI=1S/C18H15Cl2N3O2S/c1-9-13(10-6-4-3-5-7-10)14(16(21)24)18(26-9)22-17(25)12-8-11(19)15(20)23(12)2/h3-8H,1-2H3,(H2,21,24)(H,22,25). The topological polar surface area (TPSA) is 77.1 Å². The third kappa shape index (κ3) is 3.23. The second-order valence-electron chi connectivity index (χ2n) is 5.65. The number of aromatic nitrogens is 1. The van der Waals surface area contributed by atoms with Gasteiger partial charge in [0.05, 0.1) is 10.6 Å². The van der Waals surface area contributed by atoms with Crippen LogP contribution in [-0.4, -0.2) is 16.4 Å². The smallest absolute Gasteiger partial charge is 0.272 e. The van der Waals surface area contributed by atoms with Crippen molar-refractivity contribution in [3.05, 3.63) is 62.7 Å². The summed E-state index contributed by atoms with van der Waals surface area (Å²) in [4.78, 5) is 25.6. The molecule has 2 heterocycles. The van der Waals surface area contributed by atoms with E-state index in [2.05, 4.69) is 5.32 Å². The van der Waals surface area contributed by atoms with Gasteiger partial charge in [-0.1, -0.05) is 53.5 Å². The van der Waals surface area contributed by atoms with Crippen LogP contribution < -0.4 is 11.1 Å². The van der Waals surface area contributed by atoms with E-state index >= 15 is 0 Å². The number of thiophene rings is 1. The molecule has 0 radical (unpaired) electrons. The van der Waals surface area contributed by atoms with Crippen molar-refractivity contribution in [2.75, 3.05) is 5.32 Å². The molecule has 0 bridgehead atoms. The minimum absolute atomic E-state index is 0.263. The molecule has 2 amide bonds. The maximum atomic E-state index is 12.6. The Bertz CT molecular complexity index is 1010. The van der Waals surface area contributed by atoms with Crippen molar-refractivity contribution in [1.29, 1.82) is 0 Å². The van der Waals surface area contributed by atoms with Crippen molar-refractivity contribution in [3.63, 3.8) is 0 Å². The van der Waals surface area contributed by atoms with E-state index in [4.69, 9.17) is 28.9 Å². The molecule has 0 saturated heterocycles. The molecule has 3 aromatic rings. The van der Waals surface area contributed by atoms with E-state index in [0.717, 1.165) is 16.0 Å². The Morgan fingerprint density at radius 2 is 1.85 bits per heavy atom. The molecule has 5 nitrogen and oxygen atoms in total. The molecular formula is C18H15Cl2N3O2S. The molecule has 0 aliphatic rings. The Kier molecular flexibility index (Phi) is 5.09. The third-order valence-electron chi connectivity index (χ3n) is 3.97. The molecule has 8 heteroatoms. The molecule has 134 valence electrons. The number of nitrogens with zero attached hydrogens (tertiary/aromatic N) is 1. The van der Waals surface area contributed by atoms with Gasteiger partial charge in [0.25, 0.3) is 11.8 Å². The number of hydrogen-bond donors (Lipinski definition) is 2. The lowest BCUT2D eigenvalue weighted by Gasteiger charge is -2.08. The SMILES string of the molecule is Cc1sc(NC(=O)c2cc(Cl)c(Cl)n2C)c(C(N)=O)c1-c1ccccc1. The molecular weight excluding hydrogens is 393 g/mol. The Morgan fingerprint density at radius 1 is 1.19 bits per heavy atom. The quantitative estimate of drug-likeness (QED) is 0.655. The maximum absolute atomic E-state index is 12.6. The number of benzene rings is 1. The number of nitrogens with two attached hydrogens (primary N) is 1. The second kappa shape index (κ2) is 7.15. The highest BCUT2D eigenvalue weighted by Gasteiger charge is 2.24. The molecule has 0 aliphatic carbocycles. The van der Waals surface area contributed by atoms with E-state index < -0.39 is 11.8 Å². The van der Waals surface area contributed by atoms with Crippen molar-refractivity contribution in [2.24, 2.45) is 12.8 Å². The molecule has 0 unspecified atom stereocenters. The number of carbonyl (C=O) groups excluding carboxylic acids is 2. The number of carbonyl (C=O) groups is 2. The Balaban J connectivity index is 2.05. The molecule has 0 spiro atoms. The predicted octanol–water partition coefficient (Wildman–Crippen LogP) is 4.72. The van der Waals surface area contributed by atoms with E-state index in [-0.39, 0.29) is 15.9 Å². The normalized spacial score (nSPS) is 10.8. The van der Waals surface area contributed by atoms with E-state index in [1.165, 1.54) is 22.0 Å². The fraction of sp³-hybridized carbons (Fsp3) is 0.111. The van der Waals surface area contributed by atoms with Crippen LogP contribution in [0, 0.1) is 6.92 Å². The van der Waals surface area contributed by atoms with Crippen LogP contribution in [0.4, 0.5) is 5.00 Å². The van der Waals surface area contributed by atoms with Crippen molar-refractivity contribution in [3.8, 4) is 11.1 Å². The molecule has 1 aromatic carbocycles. The molecule has 2 aromatic heterocycles.